The van der Waals surface area contributed by atoms with E-state index in [9.17, 15) is 14.4 Å². The molecule has 0 spiro atoms. The van der Waals surface area contributed by atoms with Crippen molar-refractivity contribution < 1.29 is 23.9 Å². The van der Waals surface area contributed by atoms with Crippen LogP contribution < -0.4 is 5.32 Å². The number of esters is 2. The zero-order chi connectivity index (χ0) is 11.1. The van der Waals surface area contributed by atoms with E-state index in [1.54, 1.807) is 0 Å². The van der Waals surface area contributed by atoms with Gasteiger partial charge >= 0.3 is 11.9 Å². The molecule has 0 aromatic heterocycles. The molecule has 1 N–H and O–H groups in total. The van der Waals surface area contributed by atoms with Gasteiger partial charge in [-0.25, -0.2) is 4.79 Å². The Morgan fingerprint density at radius 3 is 2.36 bits per heavy atom. The second-order valence-electron chi connectivity index (χ2n) is 2.59. The van der Waals surface area contributed by atoms with Crippen molar-refractivity contribution in [3.8, 4) is 0 Å². The smallest absolute Gasteiger partial charge is 0.328 e. The number of hydrogen-bond donors (Lipinski definition) is 1. The number of nitrogens with one attached hydrogen (secondary N) is 1. The molecule has 6 nitrogen and oxygen atoms in total. The van der Waals surface area contributed by atoms with Crippen LogP contribution in [0.25, 0.3) is 0 Å². The number of amides is 1. The van der Waals surface area contributed by atoms with Crippen LogP contribution in [0, 0.1) is 0 Å². The maximum absolute atomic E-state index is 11.0. The third kappa shape index (κ3) is 5.13. The molecule has 0 heterocycles. The standard InChI is InChI=1S/C8H13NO5/c1-5(8(12)13-3)9-7(11)4-14-6(2)10/h5H,4H2,1-3H3,(H,9,11). The van der Waals surface area contributed by atoms with E-state index in [0.717, 1.165) is 0 Å². The summed E-state index contributed by atoms with van der Waals surface area (Å²) in [6, 6.07) is -0.747. The average Bonchev–Trinajstić information content (AvgIpc) is 2.13. The number of methoxy groups -OCH3 is 1. The van der Waals surface area contributed by atoms with E-state index in [2.05, 4.69) is 14.8 Å². The van der Waals surface area contributed by atoms with Crippen molar-refractivity contribution in [1.82, 2.24) is 5.32 Å². The van der Waals surface area contributed by atoms with Crippen LogP contribution in [0.1, 0.15) is 13.8 Å². The monoisotopic (exact) mass is 203 g/mol. The third-order valence-corrected chi connectivity index (χ3v) is 1.34. The highest BCUT2D eigenvalue weighted by molar-refractivity contribution is 5.85. The van der Waals surface area contributed by atoms with Gasteiger partial charge in [0.1, 0.15) is 6.04 Å². The second kappa shape index (κ2) is 5.95. The fourth-order valence-corrected chi connectivity index (χ4v) is 0.686. The fraction of sp³-hybridized carbons (Fsp3) is 0.625. The maximum atomic E-state index is 11.0. The van der Waals surface area contributed by atoms with Crippen LogP contribution in [0.4, 0.5) is 0 Å². The van der Waals surface area contributed by atoms with Gasteiger partial charge in [-0.3, -0.25) is 9.59 Å². The molecule has 14 heavy (non-hydrogen) atoms. The second-order valence-corrected chi connectivity index (χ2v) is 2.59. The minimum absolute atomic E-state index is 0.392. The minimum atomic E-state index is -0.747. The summed E-state index contributed by atoms with van der Waals surface area (Å²) in [6.45, 7) is 2.27. The normalized spacial score (nSPS) is 11.4. The first-order valence-corrected chi connectivity index (χ1v) is 3.98. The summed E-state index contributed by atoms with van der Waals surface area (Å²) < 4.78 is 8.79. The quantitative estimate of drug-likeness (QED) is 0.606. The molecule has 1 unspecified atom stereocenters. The molecule has 80 valence electrons. The molecule has 0 saturated carbocycles. The Morgan fingerprint density at radius 2 is 1.93 bits per heavy atom. The Labute approximate surface area is 81.6 Å². The van der Waals surface area contributed by atoms with E-state index in [0.29, 0.717) is 0 Å². The van der Waals surface area contributed by atoms with Gasteiger partial charge < -0.3 is 14.8 Å². The molecule has 0 rings (SSSR count). The zero-order valence-corrected chi connectivity index (χ0v) is 8.33. The van der Waals surface area contributed by atoms with Crippen LogP contribution >= 0.6 is 0 Å². The van der Waals surface area contributed by atoms with Gasteiger partial charge in [-0.1, -0.05) is 0 Å². The summed E-state index contributed by atoms with van der Waals surface area (Å²) in [4.78, 5) is 32.2. The van der Waals surface area contributed by atoms with Gasteiger partial charge in [-0.05, 0) is 6.92 Å². The predicted octanol–water partition coefficient (Wildman–Crippen LogP) is -0.773. The molecule has 1 atom stereocenters. The summed E-state index contributed by atoms with van der Waals surface area (Å²) in [5.74, 6) is -1.65. The van der Waals surface area contributed by atoms with Gasteiger partial charge in [0.05, 0.1) is 7.11 Å². The Bertz CT molecular complexity index is 238. The molecular weight excluding hydrogens is 190 g/mol. The highest BCUT2D eigenvalue weighted by Gasteiger charge is 2.15. The zero-order valence-electron chi connectivity index (χ0n) is 8.33. The highest BCUT2D eigenvalue weighted by atomic mass is 16.5. The third-order valence-electron chi connectivity index (χ3n) is 1.34. The van der Waals surface area contributed by atoms with Crippen LogP contribution in [0.3, 0.4) is 0 Å². The van der Waals surface area contributed by atoms with Gasteiger partial charge in [0.2, 0.25) is 0 Å². The van der Waals surface area contributed by atoms with Crippen LogP contribution in [0.5, 0.6) is 0 Å². The first-order valence-electron chi connectivity index (χ1n) is 3.98. The van der Waals surface area contributed by atoms with Gasteiger partial charge in [-0.15, -0.1) is 0 Å². The van der Waals surface area contributed by atoms with Crippen molar-refractivity contribution >= 4 is 17.8 Å². The van der Waals surface area contributed by atoms with E-state index in [4.69, 9.17) is 0 Å². The minimum Gasteiger partial charge on any atom is -0.467 e. The van der Waals surface area contributed by atoms with Gasteiger partial charge in [0.25, 0.3) is 5.91 Å². The lowest BCUT2D eigenvalue weighted by molar-refractivity contribution is -0.148. The van der Waals surface area contributed by atoms with E-state index in [-0.39, 0.29) is 0 Å². The van der Waals surface area contributed by atoms with Crippen LogP contribution in [-0.4, -0.2) is 37.6 Å². The Morgan fingerprint density at radius 1 is 1.36 bits per heavy atom. The Hall–Kier alpha value is -1.59. The molecular formula is C8H13NO5. The molecule has 0 bridgehead atoms. The van der Waals surface area contributed by atoms with Crippen molar-refractivity contribution in [2.75, 3.05) is 13.7 Å². The van der Waals surface area contributed by atoms with E-state index < -0.39 is 30.5 Å². The highest BCUT2D eigenvalue weighted by Crippen LogP contribution is 1.86. The van der Waals surface area contributed by atoms with Gasteiger partial charge in [0, 0.05) is 6.92 Å². The van der Waals surface area contributed by atoms with Gasteiger partial charge in [-0.2, -0.15) is 0 Å². The van der Waals surface area contributed by atoms with E-state index >= 15 is 0 Å². The molecule has 0 aliphatic carbocycles. The summed E-state index contributed by atoms with van der Waals surface area (Å²) in [6.07, 6.45) is 0. The maximum Gasteiger partial charge on any atom is 0.328 e. The SMILES string of the molecule is COC(=O)C(C)NC(=O)COC(C)=O. The van der Waals surface area contributed by atoms with Crippen LogP contribution in [-0.2, 0) is 23.9 Å². The molecule has 0 fully saturated rings. The first kappa shape index (κ1) is 12.4. The van der Waals surface area contributed by atoms with E-state index in [1.807, 2.05) is 0 Å². The molecule has 0 aromatic rings. The molecule has 0 aliphatic rings. The van der Waals surface area contributed by atoms with E-state index in [1.165, 1.54) is 21.0 Å². The molecule has 0 aliphatic heterocycles. The molecule has 6 heteroatoms. The lowest BCUT2D eigenvalue weighted by atomic mass is 10.3. The number of ether oxygens (including phenoxy) is 2. The Kier molecular flexibility index (Phi) is 5.28. The topological polar surface area (TPSA) is 81.7 Å². The van der Waals surface area contributed by atoms with Crippen molar-refractivity contribution in [3.63, 3.8) is 0 Å². The molecule has 0 saturated heterocycles. The lowest BCUT2D eigenvalue weighted by Crippen LogP contribution is -2.41. The number of hydrogen-bond acceptors (Lipinski definition) is 5. The predicted molar refractivity (Wildman–Crippen MR) is 46.3 cm³/mol. The van der Waals surface area contributed by atoms with Gasteiger partial charge in [0.15, 0.2) is 6.61 Å². The Balaban J connectivity index is 3.82. The average molecular weight is 203 g/mol. The first-order chi connectivity index (χ1) is 6.47. The lowest BCUT2D eigenvalue weighted by Gasteiger charge is -2.10. The summed E-state index contributed by atoms with van der Waals surface area (Å²) in [7, 11) is 1.22. The summed E-state index contributed by atoms with van der Waals surface area (Å²) >= 11 is 0. The summed E-state index contributed by atoms with van der Waals surface area (Å²) in [5, 5.41) is 2.30. The molecule has 0 radical (unpaired) electrons. The number of rotatable bonds is 4. The number of carbonyl (C=O) groups is 3. The largest absolute Gasteiger partial charge is 0.467 e. The van der Waals surface area contributed by atoms with Crippen LogP contribution in [0.2, 0.25) is 0 Å². The molecule has 0 aromatic carbocycles. The molecule has 1 amide bonds. The van der Waals surface area contributed by atoms with Crippen molar-refractivity contribution in [3.05, 3.63) is 0 Å². The van der Waals surface area contributed by atoms with Crippen molar-refractivity contribution in [2.45, 2.75) is 19.9 Å². The van der Waals surface area contributed by atoms with Crippen molar-refractivity contribution in [2.24, 2.45) is 0 Å². The fourth-order valence-electron chi connectivity index (χ4n) is 0.686. The van der Waals surface area contributed by atoms with Crippen molar-refractivity contribution in [1.29, 1.82) is 0 Å². The summed E-state index contributed by atoms with van der Waals surface area (Å²) in [5.41, 5.74) is 0. The van der Waals surface area contributed by atoms with Crippen LogP contribution in [0.15, 0.2) is 0 Å². The number of carbonyl (C=O) groups excluding carboxylic acids is 3.